The van der Waals surface area contributed by atoms with Gasteiger partial charge in [0.05, 0.1) is 87.5 Å². The molecule has 0 spiro atoms. The summed E-state index contributed by atoms with van der Waals surface area (Å²) in [7, 11) is 1.65. The Morgan fingerprint density at radius 3 is 1.99 bits per heavy atom. The Bertz CT molecular complexity index is 2930. The quantitative estimate of drug-likeness (QED) is 0.0274. The summed E-state index contributed by atoms with van der Waals surface area (Å²) in [5.74, 6) is -4.32. The molecule has 3 aromatic carbocycles. The predicted octanol–water partition coefficient (Wildman–Crippen LogP) is 5.61. The normalized spacial score (nSPS) is 16.6. The molecule has 0 saturated carbocycles. The van der Waals surface area contributed by atoms with Gasteiger partial charge in [0.2, 0.25) is 29.5 Å². The van der Waals surface area contributed by atoms with E-state index < -0.39 is 64.7 Å². The molecule has 0 radical (unpaired) electrons. The van der Waals surface area contributed by atoms with Gasteiger partial charge < -0.3 is 70.7 Å². The molecule has 2 fully saturated rings. The van der Waals surface area contributed by atoms with Crippen LogP contribution in [-0.4, -0.2) is 178 Å². The fourth-order valence-electron chi connectivity index (χ4n) is 9.64. The van der Waals surface area contributed by atoms with Gasteiger partial charge in [-0.05, 0) is 87.2 Å². The second kappa shape index (κ2) is 33.0. The van der Waals surface area contributed by atoms with Crippen LogP contribution in [0.15, 0.2) is 79.0 Å². The van der Waals surface area contributed by atoms with E-state index in [4.69, 9.17) is 41.0 Å². The number of nitrogens with zero attached hydrogens (tertiary/aromatic N) is 4. The number of nitrogens with two attached hydrogens (primary N) is 1. The molecular weight excluding hydrogens is 1140 g/mol. The van der Waals surface area contributed by atoms with Crippen molar-refractivity contribution >= 4 is 64.5 Å². The summed E-state index contributed by atoms with van der Waals surface area (Å²) in [6, 6.07) is 16.1. The standard InChI is InChI=1S/C61H81ClF2N10O12/c1-8-47(40-12-10-9-11-13-40)70-58(79)48-35-44(37-74(48)60(81)54(61(4,5)6)71-56(77)38(2)66-7)68-50(75)20-26-82-28-30-84-32-33-85-31-29-83-27-21-51(76)72-22-24-73(25-23-72)59(80)41-14-16-43(17-15-41)69-57(78)42-34-49(55(65)67-36-42)86-39(3)52-46(63)19-18-45(62)53(52)64/h9-19,34,36,38-39,44,47-48,54,66H,8,20-33,35,37H2,1-7H3,(H2,65,67)(H,68,75)(H,69,78)(H,70,79)(H,71,77)/t38-,39-,44?,47+,48-,54+/m1/s1. The van der Waals surface area contributed by atoms with Crippen LogP contribution in [0.2, 0.25) is 5.02 Å². The number of nitrogen functional groups attached to an aromatic ring is 1. The van der Waals surface area contributed by atoms with Crippen LogP contribution in [0, 0.1) is 17.0 Å². The van der Waals surface area contributed by atoms with Gasteiger partial charge in [0.1, 0.15) is 24.0 Å². The van der Waals surface area contributed by atoms with Gasteiger partial charge in [-0.2, -0.15) is 0 Å². The highest BCUT2D eigenvalue weighted by Gasteiger charge is 2.46. The van der Waals surface area contributed by atoms with E-state index in [1.54, 1.807) is 48.0 Å². The SMILES string of the molecule is CC[C@H](NC(=O)[C@H]1CC(NC(=O)CCOCCOCCOCCOCCC(=O)N2CCN(C(=O)c3ccc(NC(=O)c4cnc(N)c(O[C@H](C)c5c(F)ccc(Cl)c5F)c4)cc3)CC2)CN1C(=O)[C@H](NC(=O)[C@@H](C)NC)C(C)(C)C)c1ccccc1. The number of rotatable bonds is 30. The summed E-state index contributed by atoms with van der Waals surface area (Å²) in [4.78, 5) is 103. The minimum absolute atomic E-state index is 0.0478. The molecule has 2 aliphatic rings. The molecule has 86 heavy (non-hydrogen) atoms. The van der Waals surface area contributed by atoms with Crippen LogP contribution in [-0.2, 0) is 42.9 Å². The molecule has 22 nitrogen and oxygen atoms in total. The van der Waals surface area contributed by atoms with Crippen LogP contribution >= 0.6 is 11.6 Å². The molecule has 2 saturated heterocycles. The van der Waals surface area contributed by atoms with Crippen LogP contribution < -0.4 is 37.1 Å². The number of hydrogen-bond acceptors (Lipinski definition) is 15. The van der Waals surface area contributed by atoms with Crippen LogP contribution in [0.1, 0.15) is 111 Å². The lowest BCUT2D eigenvalue weighted by Crippen LogP contribution is -2.59. The topological polar surface area (TPSA) is 274 Å². The Morgan fingerprint density at radius 2 is 1.38 bits per heavy atom. The Balaban J connectivity index is 0.807. The summed E-state index contributed by atoms with van der Waals surface area (Å²) in [5, 5.41) is 14.3. The van der Waals surface area contributed by atoms with Crippen molar-refractivity contribution in [3.8, 4) is 5.75 Å². The van der Waals surface area contributed by atoms with Crippen molar-refractivity contribution in [3.63, 3.8) is 0 Å². The number of pyridine rings is 1. The third-order valence-corrected chi connectivity index (χ3v) is 15.0. The molecule has 1 unspecified atom stereocenters. The maximum Gasteiger partial charge on any atom is 0.257 e. The van der Waals surface area contributed by atoms with Crippen molar-refractivity contribution in [2.24, 2.45) is 5.41 Å². The Morgan fingerprint density at radius 1 is 0.779 bits per heavy atom. The Hall–Kier alpha value is -7.35. The van der Waals surface area contributed by atoms with Crippen molar-refractivity contribution in [2.75, 3.05) is 104 Å². The largest absolute Gasteiger partial charge is 0.482 e. The first-order chi connectivity index (χ1) is 41.1. The molecule has 3 heterocycles. The molecular formula is C61H81ClF2N10O12. The van der Waals surface area contributed by atoms with Crippen LogP contribution in [0.3, 0.4) is 0 Å². The van der Waals surface area contributed by atoms with Gasteiger partial charge >= 0.3 is 0 Å². The zero-order valence-corrected chi connectivity index (χ0v) is 50.6. The number of likely N-dealkylation sites (N-methyl/N-ethyl adjacent to an activating group) is 1. The molecule has 6 rings (SSSR count). The molecule has 6 atom stereocenters. The minimum atomic E-state index is -1.17. The number of amides is 7. The lowest BCUT2D eigenvalue weighted by molar-refractivity contribution is -0.144. The van der Waals surface area contributed by atoms with Crippen molar-refractivity contribution in [2.45, 2.75) is 104 Å². The van der Waals surface area contributed by atoms with Gasteiger partial charge in [0.15, 0.2) is 17.4 Å². The Kier molecular flexibility index (Phi) is 26.0. The number of likely N-dealkylation sites (tertiary alicyclic amines) is 1. The summed E-state index contributed by atoms with van der Waals surface area (Å²) < 4.78 is 57.2. The van der Waals surface area contributed by atoms with Gasteiger partial charge in [-0.1, -0.05) is 69.6 Å². The number of halogens is 3. The second-order valence-electron chi connectivity index (χ2n) is 22.0. The molecule has 0 aliphatic carbocycles. The van der Waals surface area contributed by atoms with E-state index in [0.29, 0.717) is 63.7 Å². The zero-order chi connectivity index (χ0) is 62.5. The first-order valence-electron chi connectivity index (χ1n) is 28.9. The fourth-order valence-corrected chi connectivity index (χ4v) is 9.81. The number of carbonyl (C=O) groups excluding carboxylic acids is 7. The third-order valence-electron chi connectivity index (χ3n) is 14.7. The van der Waals surface area contributed by atoms with Gasteiger partial charge in [-0.25, -0.2) is 13.8 Å². The average Bonchev–Trinajstić information content (AvgIpc) is 4.12. The number of ether oxygens (including phenoxy) is 5. The number of benzene rings is 3. The smallest absolute Gasteiger partial charge is 0.257 e. The number of aromatic nitrogens is 1. The summed E-state index contributed by atoms with van der Waals surface area (Å²) in [6.07, 6.45) is 1.08. The number of anilines is 2. The fraction of sp³-hybridized carbons (Fsp3) is 0.508. The highest BCUT2D eigenvalue weighted by atomic mass is 35.5. The number of carbonyl (C=O) groups is 7. The van der Waals surface area contributed by atoms with Crippen molar-refractivity contribution in [3.05, 3.63) is 118 Å². The van der Waals surface area contributed by atoms with Crippen molar-refractivity contribution in [1.82, 2.24) is 41.0 Å². The van der Waals surface area contributed by atoms with E-state index in [9.17, 15) is 42.3 Å². The minimum Gasteiger partial charge on any atom is -0.482 e. The lowest BCUT2D eigenvalue weighted by Gasteiger charge is -2.36. The van der Waals surface area contributed by atoms with E-state index in [0.717, 1.165) is 17.7 Å². The highest BCUT2D eigenvalue weighted by molar-refractivity contribution is 6.30. The van der Waals surface area contributed by atoms with Gasteiger partial charge in [-0.15, -0.1) is 0 Å². The Labute approximate surface area is 505 Å². The number of hydrogen-bond donors (Lipinski definition) is 6. The van der Waals surface area contributed by atoms with Gasteiger partial charge in [0.25, 0.3) is 11.8 Å². The van der Waals surface area contributed by atoms with Crippen LogP contribution in [0.25, 0.3) is 0 Å². The lowest BCUT2D eigenvalue weighted by atomic mass is 9.85. The zero-order valence-electron chi connectivity index (χ0n) is 49.9. The summed E-state index contributed by atoms with van der Waals surface area (Å²) in [6.45, 7) is 14.1. The van der Waals surface area contributed by atoms with Crippen LogP contribution in [0.4, 0.5) is 20.3 Å². The highest BCUT2D eigenvalue weighted by Crippen LogP contribution is 2.33. The molecule has 2 aliphatic heterocycles. The molecule has 0 bridgehead atoms. The van der Waals surface area contributed by atoms with E-state index in [1.807, 2.05) is 58.0 Å². The van der Waals surface area contributed by atoms with E-state index in [1.165, 1.54) is 24.1 Å². The van der Waals surface area contributed by atoms with E-state index >= 15 is 0 Å². The number of nitrogens with one attached hydrogen (secondary N) is 5. The molecule has 7 amide bonds. The molecule has 7 N–H and O–H groups in total. The van der Waals surface area contributed by atoms with Gasteiger partial charge in [-0.3, -0.25) is 33.6 Å². The molecule has 4 aromatic rings. The summed E-state index contributed by atoms with van der Waals surface area (Å²) in [5.41, 5.74) is 6.59. The molecule has 25 heteroatoms. The average molecular weight is 1220 g/mol. The van der Waals surface area contributed by atoms with Gasteiger partial charge in [0, 0.05) is 62.6 Å². The van der Waals surface area contributed by atoms with Crippen LogP contribution in [0.5, 0.6) is 5.75 Å². The predicted molar refractivity (Wildman–Crippen MR) is 318 cm³/mol. The van der Waals surface area contributed by atoms with Crippen molar-refractivity contribution < 1.29 is 66.0 Å². The first-order valence-corrected chi connectivity index (χ1v) is 29.3. The first kappa shape index (κ1) is 67.8. The molecule has 468 valence electrons. The maximum absolute atomic E-state index is 14.6. The van der Waals surface area contributed by atoms with Crippen molar-refractivity contribution in [1.29, 1.82) is 0 Å². The summed E-state index contributed by atoms with van der Waals surface area (Å²) >= 11 is 5.83. The molecule has 1 aromatic heterocycles. The second-order valence-corrected chi connectivity index (χ2v) is 22.4. The third kappa shape index (κ3) is 19.6. The van der Waals surface area contributed by atoms with E-state index in [2.05, 4.69) is 31.6 Å². The van der Waals surface area contributed by atoms with E-state index in [-0.39, 0.29) is 117 Å². The maximum atomic E-state index is 14.6. The monoisotopic (exact) mass is 1220 g/mol. The number of piperazine rings is 1.